The number of hydrogen-bond acceptors (Lipinski definition) is 4. The van der Waals surface area contributed by atoms with Crippen molar-refractivity contribution in [2.45, 2.75) is 39.7 Å². The summed E-state index contributed by atoms with van der Waals surface area (Å²) in [7, 11) is 1.50. The van der Waals surface area contributed by atoms with Crippen LogP contribution in [-0.4, -0.2) is 37.0 Å². The fraction of sp³-hybridized carbons (Fsp3) is 0.909. The Morgan fingerprint density at radius 3 is 2.20 bits per heavy atom. The summed E-state index contributed by atoms with van der Waals surface area (Å²) in [6.45, 7) is 7.35. The zero-order valence-electron chi connectivity index (χ0n) is 10.3. The van der Waals surface area contributed by atoms with Gasteiger partial charge < -0.3 is 14.6 Å². The molecule has 0 saturated heterocycles. The number of carbonyl (C=O) groups is 1. The Morgan fingerprint density at radius 2 is 1.87 bits per heavy atom. The van der Waals surface area contributed by atoms with Gasteiger partial charge in [0.25, 0.3) is 0 Å². The maximum atomic E-state index is 11.7. The second kappa shape index (κ2) is 5.47. The van der Waals surface area contributed by atoms with E-state index in [1.165, 1.54) is 7.11 Å². The van der Waals surface area contributed by atoms with Crippen LogP contribution in [0.5, 0.6) is 0 Å². The van der Waals surface area contributed by atoms with E-state index < -0.39 is 17.0 Å². The molecule has 15 heavy (non-hydrogen) atoms. The fourth-order valence-electron chi connectivity index (χ4n) is 1.46. The molecule has 1 atom stereocenters. The number of hydrogen-bond donors (Lipinski definition) is 1. The molecule has 90 valence electrons. The zero-order chi connectivity index (χ0) is 12.1. The Morgan fingerprint density at radius 1 is 1.33 bits per heavy atom. The molecular weight excluding hydrogens is 196 g/mol. The van der Waals surface area contributed by atoms with E-state index in [4.69, 9.17) is 9.47 Å². The molecule has 4 nitrogen and oxygen atoms in total. The molecule has 0 aromatic heterocycles. The molecule has 0 spiro atoms. The molecule has 0 heterocycles. The summed E-state index contributed by atoms with van der Waals surface area (Å²) < 4.78 is 9.90. The normalized spacial score (nSPS) is 15.9. The monoisotopic (exact) mass is 218 g/mol. The zero-order valence-corrected chi connectivity index (χ0v) is 10.3. The van der Waals surface area contributed by atoms with Gasteiger partial charge >= 0.3 is 5.97 Å². The van der Waals surface area contributed by atoms with E-state index in [0.29, 0.717) is 13.0 Å². The molecular formula is C11H22O4. The first kappa shape index (κ1) is 14.4. The van der Waals surface area contributed by atoms with E-state index in [0.717, 1.165) is 0 Å². The predicted molar refractivity (Wildman–Crippen MR) is 57.5 cm³/mol. The smallest absolute Gasteiger partial charge is 0.314 e. The Bertz CT molecular complexity index is 213. The topological polar surface area (TPSA) is 55.8 Å². The Labute approximate surface area is 91.6 Å². The van der Waals surface area contributed by atoms with E-state index in [1.807, 2.05) is 6.92 Å². The predicted octanol–water partition coefficient (Wildman–Crippen LogP) is 1.36. The van der Waals surface area contributed by atoms with Crippen LogP contribution in [0.1, 0.15) is 34.1 Å². The Hall–Kier alpha value is -0.610. The average molecular weight is 218 g/mol. The molecule has 0 aliphatic rings. The summed E-state index contributed by atoms with van der Waals surface area (Å²) in [5, 5.41) is 10.3. The summed E-state index contributed by atoms with van der Waals surface area (Å²) in [4.78, 5) is 11.7. The quantitative estimate of drug-likeness (QED) is 0.684. The molecule has 0 fully saturated rings. The third kappa shape index (κ3) is 2.92. The minimum absolute atomic E-state index is 0.120. The lowest BCUT2D eigenvalue weighted by Gasteiger charge is -2.39. The summed E-state index contributed by atoms with van der Waals surface area (Å²) in [6.07, 6.45) is 0.437. The lowest BCUT2D eigenvalue weighted by Crippen LogP contribution is -2.52. The lowest BCUT2D eigenvalue weighted by molar-refractivity contribution is -0.178. The molecule has 0 aromatic carbocycles. The van der Waals surface area contributed by atoms with Gasteiger partial charge in [-0.1, -0.05) is 6.92 Å². The summed E-state index contributed by atoms with van der Waals surface area (Å²) in [5.74, 6) is -0.397. The Kier molecular flexibility index (Phi) is 5.24. The molecule has 0 bridgehead atoms. The van der Waals surface area contributed by atoms with Gasteiger partial charge in [0, 0.05) is 7.11 Å². The first-order valence-corrected chi connectivity index (χ1v) is 5.24. The number of ether oxygens (including phenoxy) is 2. The van der Waals surface area contributed by atoms with Crippen molar-refractivity contribution in [2.75, 3.05) is 20.3 Å². The third-order valence-electron chi connectivity index (χ3n) is 2.92. The Balaban J connectivity index is 4.86. The maximum Gasteiger partial charge on any atom is 0.314 e. The first-order chi connectivity index (χ1) is 6.85. The summed E-state index contributed by atoms with van der Waals surface area (Å²) >= 11 is 0. The van der Waals surface area contributed by atoms with Crippen molar-refractivity contribution in [3.05, 3.63) is 0 Å². The SMILES string of the molecule is CCOC(=O)C(C)(C)C(O)(CC)COC. The average Bonchev–Trinajstić information content (AvgIpc) is 2.18. The second-order valence-electron chi connectivity index (χ2n) is 4.16. The summed E-state index contributed by atoms with van der Waals surface area (Å²) in [5.41, 5.74) is -2.15. The van der Waals surface area contributed by atoms with Crippen LogP contribution in [0.25, 0.3) is 0 Å². The van der Waals surface area contributed by atoms with Gasteiger partial charge in [0.15, 0.2) is 0 Å². The van der Waals surface area contributed by atoms with Gasteiger partial charge in [-0.2, -0.15) is 0 Å². The van der Waals surface area contributed by atoms with Crippen LogP contribution < -0.4 is 0 Å². The third-order valence-corrected chi connectivity index (χ3v) is 2.92. The van der Waals surface area contributed by atoms with Crippen molar-refractivity contribution < 1.29 is 19.4 Å². The van der Waals surface area contributed by atoms with Crippen molar-refractivity contribution in [1.29, 1.82) is 0 Å². The van der Waals surface area contributed by atoms with Crippen LogP contribution >= 0.6 is 0 Å². The second-order valence-corrected chi connectivity index (χ2v) is 4.16. The van der Waals surface area contributed by atoms with Gasteiger partial charge in [0.05, 0.1) is 18.6 Å². The van der Waals surface area contributed by atoms with Crippen LogP contribution in [0.15, 0.2) is 0 Å². The van der Waals surface area contributed by atoms with Crippen molar-refractivity contribution >= 4 is 5.97 Å². The molecule has 0 saturated carbocycles. The standard InChI is InChI=1S/C11H22O4/c1-6-11(13,8-14-5)10(3,4)9(12)15-7-2/h13H,6-8H2,1-5H3. The van der Waals surface area contributed by atoms with Crippen molar-refractivity contribution in [2.24, 2.45) is 5.41 Å². The number of esters is 1. The lowest BCUT2D eigenvalue weighted by atomic mass is 9.73. The van der Waals surface area contributed by atoms with Gasteiger partial charge in [-0.05, 0) is 27.2 Å². The van der Waals surface area contributed by atoms with Crippen LogP contribution in [0.4, 0.5) is 0 Å². The van der Waals surface area contributed by atoms with E-state index in [9.17, 15) is 9.90 Å². The molecule has 0 aliphatic carbocycles. The highest BCUT2D eigenvalue weighted by atomic mass is 16.5. The largest absolute Gasteiger partial charge is 0.465 e. The van der Waals surface area contributed by atoms with Gasteiger partial charge in [-0.15, -0.1) is 0 Å². The maximum absolute atomic E-state index is 11.7. The minimum atomic E-state index is -1.19. The first-order valence-electron chi connectivity index (χ1n) is 5.24. The molecule has 1 N–H and O–H groups in total. The van der Waals surface area contributed by atoms with Crippen LogP contribution in [0.3, 0.4) is 0 Å². The highest BCUT2D eigenvalue weighted by Crippen LogP contribution is 2.35. The minimum Gasteiger partial charge on any atom is -0.465 e. The van der Waals surface area contributed by atoms with Crippen molar-refractivity contribution in [3.8, 4) is 0 Å². The molecule has 0 aromatic rings. The molecule has 0 rings (SSSR count). The molecule has 4 heteroatoms. The fourth-order valence-corrected chi connectivity index (χ4v) is 1.46. The molecule has 0 aliphatic heterocycles. The van der Waals surface area contributed by atoms with E-state index in [1.54, 1.807) is 20.8 Å². The van der Waals surface area contributed by atoms with E-state index in [2.05, 4.69) is 0 Å². The number of rotatable bonds is 6. The highest BCUT2D eigenvalue weighted by molar-refractivity contribution is 5.77. The summed E-state index contributed by atoms with van der Waals surface area (Å²) in [6, 6.07) is 0. The number of carbonyl (C=O) groups excluding carboxylic acids is 1. The molecule has 0 amide bonds. The van der Waals surface area contributed by atoms with Gasteiger partial charge in [-0.3, -0.25) is 4.79 Å². The van der Waals surface area contributed by atoms with Crippen molar-refractivity contribution in [3.63, 3.8) is 0 Å². The number of methoxy groups -OCH3 is 1. The van der Waals surface area contributed by atoms with Crippen LogP contribution in [0.2, 0.25) is 0 Å². The van der Waals surface area contributed by atoms with Crippen molar-refractivity contribution in [1.82, 2.24) is 0 Å². The van der Waals surface area contributed by atoms with E-state index in [-0.39, 0.29) is 6.61 Å². The number of aliphatic hydroxyl groups is 1. The molecule has 1 unspecified atom stereocenters. The van der Waals surface area contributed by atoms with Gasteiger partial charge in [0.1, 0.15) is 5.60 Å². The van der Waals surface area contributed by atoms with Crippen LogP contribution in [0, 0.1) is 5.41 Å². The molecule has 0 radical (unpaired) electrons. The highest BCUT2D eigenvalue weighted by Gasteiger charge is 2.48. The van der Waals surface area contributed by atoms with Gasteiger partial charge in [-0.25, -0.2) is 0 Å². The van der Waals surface area contributed by atoms with Gasteiger partial charge in [0.2, 0.25) is 0 Å². The van der Waals surface area contributed by atoms with Crippen LogP contribution in [-0.2, 0) is 14.3 Å². The van der Waals surface area contributed by atoms with E-state index >= 15 is 0 Å².